The Bertz CT molecular complexity index is 414. The van der Waals surface area contributed by atoms with Crippen LogP contribution in [0.5, 0.6) is 0 Å². The molecule has 0 amide bonds. The van der Waals surface area contributed by atoms with Gasteiger partial charge in [0, 0.05) is 24.3 Å². The highest BCUT2D eigenvalue weighted by Crippen LogP contribution is 2.20. The van der Waals surface area contributed by atoms with Crippen molar-refractivity contribution in [3.63, 3.8) is 0 Å². The molecule has 0 saturated carbocycles. The Kier molecular flexibility index (Phi) is 3.35. The van der Waals surface area contributed by atoms with Crippen molar-refractivity contribution in [2.45, 2.75) is 25.8 Å². The van der Waals surface area contributed by atoms with Crippen molar-refractivity contribution in [3.8, 4) is 6.07 Å². The minimum Gasteiger partial charge on any atom is -0.370 e. The van der Waals surface area contributed by atoms with E-state index < -0.39 is 0 Å². The third-order valence-electron chi connectivity index (χ3n) is 3.16. The van der Waals surface area contributed by atoms with E-state index in [0.29, 0.717) is 0 Å². The summed E-state index contributed by atoms with van der Waals surface area (Å²) in [5, 5.41) is 12.3. The summed E-state index contributed by atoms with van der Waals surface area (Å²) in [6.07, 6.45) is 1.16. The first kappa shape index (κ1) is 11.9. The number of nitrogens with one attached hydrogen (secondary N) is 1. The molecule has 1 aromatic rings. The maximum Gasteiger partial charge on any atom is 0.0991 e. The number of hydrogen-bond acceptors (Lipinski definition) is 3. The summed E-state index contributed by atoms with van der Waals surface area (Å²) >= 11 is 0. The fourth-order valence-electron chi connectivity index (χ4n) is 2.28. The van der Waals surface area contributed by atoms with Gasteiger partial charge in [-0.25, -0.2) is 0 Å². The lowest BCUT2D eigenvalue weighted by Crippen LogP contribution is -2.46. The highest BCUT2D eigenvalue weighted by molar-refractivity contribution is 5.50. The van der Waals surface area contributed by atoms with E-state index in [1.54, 1.807) is 0 Å². The average Bonchev–Trinajstić information content (AvgIpc) is 2.50. The Hall–Kier alpha value is -1.53. The van der Waals surface area contributed by atoms with E-state index in [1.807, 2.05) is 24.3 Å². The smallest absolute Gasteiger partial charge is 0.0991 e. The van der Waals surface area contributed by atoms with Crippen LogP contribution < -0.4 is 10.2 Å². The van der Waals surface area contributed by atoms with Crippen LogP contribution in [-0.4, -0.2) is 25.2 Å². The Labute approximate surface area is 103 Å². The van der Waals surface area contributed by atoms with Crippen molar-refractivity contribution < 1.29 is 0 Å². The third kappa shape index (κ3) is 2.98. The largest absolute Gasteiger partial charge is 0.370 e. The number of rotatable bonds is 1. The number of hydrogen-bond donors (Lipinski definition) is 1. The molecule has 3 nitrogen and oxygen atoms in total. The average molecular weight is 229 g/mol. The van der Waals surface area contributed by atoms with Gasteiger partial charge in [0.1, 0.15) is 0 Å². The highest BCUT2D eigenvalue weighted by atomic mass is 15.2. The zero-order valence-electron chi connectivity index (χ0n) is 10.5. The Balaban J connectivity index is 2.17. The van der Waals surface area contributed by atoms with Gasteiger partial charge in [0.05, 0.1) is 11.6 Å². The van der Waals surface area contributed by atoms with E-state index in [4.69, 9.17) is 5.26 Å². The molecule has 0 aliphatic carbocycles. The Morgan fingerprint density at radius 3 is 2.65 bits per heavy atom. The summed E-state index contributed by atoms with van der Waals surface area (Å²) in [7, 11) is 0. The van der Waals surface area contributed by atoms with Gasteiger partial charge >= 0.3 is 0 Å². The van der Waals surface area contributed by atoms with Gasteiger partial charge < -0.3 is 10.2 Å². The van der Waals surface area contributed by atoms with E-state index in [2.05, 4.69) is 30.1 Å². The molecular weight excluding hydrogens is 210 g/mol. The summed E-state index contributed by atoms with van der Waals surface area (Å²) in [6, 6.07) is 10.0. The minimum absolute atomic E-state index is 0.143. The Morgan fingerprint density at radius 1 is 1.29 bits per heavy atom. The molecule has 17 heavy (non-hydrogen) atoms. The van der Waals surface area contributed by atoms with Gasteiger partial charge in [-0.15, -0.1) is 0 Å². The second kappa shape index (κ2) is 4.77. The highest BCUT2D eigenvalue weighted by Gasteiger charge is 2.23. The van der Waals surface area contributed by atoms with Gasteiger partial charge in [-0.1, -0.05) is 0 Å². The standard InChI is InChI=1S/C14H19N3/c1-14(2)11-17(9-3-8-16-14)13-6-4-12(10-15)5-7-13/h4-7,16H,3,8-9,11H2,1-2H3. The number of benzene rings is 1. The molecule has 90 valence electrons. The number of anilines is 1. The first-order valence-corrected chi connectivity index (χ1v) is 6.11. The van der Waals surface area contributed by atoms with Gasteiger partial charge in [0.25, 0.3) is 0 Å². The van der Waals surface area contributed by atoms with Crippen molar-refractivity contribution in [2.75, 3.05) is 24.5 Å². The van der Waals surface area contributed by atoms with Crippen molar-refractivity contribution in [2.24, 2.45) is 0 Å². The van der Waals surface area contributed by atoms with Crippen molar-refractivity contribution in [3.05, 3.63) is 29.8 Å². The van der Waals surface area contributed by atoms with E-state index >= 15 is 0 Å². The van der Waals surface area contributed by atoms with Gasteiger partial charge in [-0.05, 0) is 51.1 Å². The molecule has 0 spiro atoms. The summed E-state index contributed by atoms with van der Waals surface area (Å²) < 4.78 is 0. The molecule has 1 aromatic carbocycles. The molecule has 1 N–H and O–H groups in total. The quantitative estimate of drug-likeness (QED) is 0.802. The molecule has 0 unspecified atom stereocenters. The molecule has 1 fully saturated rings. The van der Waals surface area contributed by atoms with E-state index in [-0.39, 0.29) is 5.54 Å². The second-order valence-corrected chi connectivity index (χ2v) is 5.24. The summed E-state index contributed by atoms with van der Waals surface area (Å²) in [4.78, 5) is 2.39. The molecule has 1 aliphatic rings. The van der Waals surface area contributed by atoms with E-state index in [1.165, 1.54) is 5.69 Å². The third-order valence-corrected chi connectivity index (χ3v) is 3.16. The van der Waals surface area contributed by atoms with Crippen LogP contribution in [0.2, 0.25) is 0 Å². The Morgan fingerprint density at radius 2 is 2.00 bits per heavy atom. The topological polar surface area (TPSA) is 39.1 Å². The van der Waals surface area contributed by atoms with Gasteiger partial charge in [-0.2, -0.15) is 5.26 Å². The maximum absolute atomic E-state index is 8.79. The lowest BCUT2D eigenvalue weighted by Gasteiger charge is -2.31. The zero-order valence-corrected chi connectivity index (χ0v) is 10.5. The van der Waals surface area contributed by atoms with Crippen molar-refractivity contribution >= 4 is 5.69 Å². The fourth-order valence-corrected chi connectivity index (χ4v) is 2.28. The molecule has 1 heterocycles. The summed E-state index contributed by atoms with van der Waals surface area (Å²) in [5.41, 5.74) is 2.08. The number of nitriles is 1. The fraction of sp³-hybridized carbons (Fsp3) is 0.500. The van der Waals surface area contributed by atoms with Crippen molar-refractivity contribution in [1.29, 1.82) is 5.26 Å². The van der Waals surface area contributed by atoms with Crippen LogP contribution in [0.3, 0.4) is 0 Å². The molecular formula is C14H19N3. The lowest BCUT2D eigenvalue weighted by molar-refractivity contribution is 0.416. The van der Waals surface area contributed by atoms with Crippen LogP contribution in [0, 0.1) is 11.3 Å². The van der Waals surface area contributed by atoms with E-state index in [9.17, 15) is 0 Å². The summed E-state index contributed by atoms with van der Waals surface area (Å²) in [5.74, 6) is 0. The van der Waals surface area contributed by atoms with Crippen LogP contribution >= 0.6 is 0 Å². The predicted octanol–water partition coefficient (Wildman–Crippen LogP) is 2.14. The van der Waals surface area contributed by atoms with Gasteiger partial charge in [0.15, 0.2) is 0 Å². The SMILES string of the molecule is CC1(C)CN(c2ccc(C#N)cc2)CCCN1. The first-order chi connectivity index (χ1) is 8.11. The van der Waals surface area contributed by atoms with Gasteiger partial charge in [-0.3, -0.25) is 0 Å². The monoisotopic (exact) mass is 229 g/mol. The number of nitrogens with zero attached hydrogens (tertiary/aromatic N) is 2. The molecule has 0 aromatic heterocycles. The molecule has 3 heteroatoms. The molecule has 1 saturated heterocycles. The van der Waals surface area contributed by atoms with Crippen LogP contribution in [0.15, 0.2) is 24.3 Å². The normalized spacial score (nSPS) is 19.5. The molecule has 1 aliphatic heterocycles. The maximum atomic E-state index is 8.79. The first-order valence-electron chi connectivity index (χ1n) is 6.11. The molecule has 0 bridgehead atoms. The minimum atomic E-state index is 0.143. The van der Waals surface area contributed by atoms with Crippen LogP contribution in [-0.2, 0) is 0 Å². The second-order valence-electron chi connectivity index (χ2n) is 5.24. The molecule has 2 rings (SSSR count). The van der Waals surface area contributed by atoms with Crippen LogP contribution in [0.25, 0.3) is 0 Å². The van der Waals surface area contributed by atoms with E-state index in [0.717, 1.165) is 31.6 Å². The van der Waals surface area contributed by atoms with Crippen LogP contribution in [0.4, 0.5) is 5.69 Å². The van der Waals surface area contributed by atoms with Crippen molar-refractivity contribution in [1.82, 2.24) is 5.32 Å². The predicted molar refractivity (Wildman–Crippen MR) is 70.1 cm³/mol. The lowest BCUT2D eigenvalue weighted by atomic mass is 10.1. The zero-order chi connectivity index (χ0) is 12.3. The molecule has 0 radical (unpaired) electrons. The summed E-state index contributed by atoms with van der Waals surface area (Å²) in [6.45, 7) is 7.60. The van der Waals surface area contributed by atoms with Gasteiger partial charge in [0.2, 0.25) is 0 Å². The molecule has 0 atom stereocenters. The van der Waals surface area contributed by atoms with Crippen LogP contribution in [0.1, 0.15) is 25.8 Å².